The summed E-state index contributed by atoms with van der Waals surface area (Å²) in [6.45, 7) is 2.21. The fraction of sp³-hybridized carbons (Fsp3) is 0.333. The van der Waals surface area contributed by atoms with Gasteiger partial charge in [-0.05, 0) is 24.5 Å². The Morgan fingerprint density at radius 1 is 0.696 bits per heavy atom. The SMILES string of the molecule is CCCCCCCc1ccc2c(c1)C(=O)c1ccccc1C2=O. The average molecular weight is 306 g/mol. The standard InChI is InChI=1S/C21H22O2/c1-2-3-4-5-6-9-15-12-13-18-19(14-15)21(23)17-11-8-7-10-16(17)20(18)22/h7-8,10-14H,2-6,9H2,1H3. The van der Waals surface area contributed by atoms with Gasteiger partial charge in [0.15, 0.2) is 11.6 Å². The van der Waals surface area contributed by atoms with E-state index >= 15 is 0 Å². The number of hydrogen-bond donors (Lipinski definition) is 0. The van der Waals surface area contributed by atoms with E-state index in [0.29, 0.717) is 22.3 Å². The van der Waals surface area contributed by atoms with E-state index in [-0.39, 0.29) is 11.6 Å². The zero-order chi connectivity index (χ0) is 16.2. The molecule has 2 aromatic carbocycles. The fourth-order valence-corrected chi connectivity index (χ4v) is 3.23. The minimum atomic E-state index is -0.0373. The number of ketones is 2. The molecule has 0 saturated heterocycles. The predicted octanol–water partition coefficient (Wildman–Crippen LogP) is 4.97. The smallest absolute Gasteiger partial charge is 0.194 e. The molecule has 23 heavy (non-hydrogen) atoms. The predicted molar refractivity (Wildman–Crippen MR) is 92.2 cm³/mol. The maximum absolute atomic E-state index is 12.7. The number of carbonyl (C=O) groups is 2. The van der Waals surface area contributed by atoms with Gasteiger partial charge in [0.05, 0.1) is 0 Å². The van der Waals surface area contributed by atoms with Gasteiger partial charge in [-0.2, -0.15) is 0 Å². The molecule has 0 aliphatic heterocycles. The molecule has 0 radical (unpaired) electrons. The first-order valence-electron chi connectivity index (χ1n) is 8.53. The van der Waals surface area contributed by atoms with Crippen molar-refractivity contribution in [3.63, 3.8) is 0 Å². The van der Waals surface area contributed by atoms with Gasteiger partial charge in [-0.3, -0.25) is 9.59 Å². The fourth-order valence-electron chi connectivity index (χ4n) is 3.23. The van der Waals surface area contributed by atoms with Gasteiger partial charge in [-0.25, -0.2) is 0 Å². The highest BCUT2D eigenvalue weighted by molar-refractivity contribution is 6.28. The molecule has 0 atom stereocenters. The lowest BCUT2D eigenvalue weighted by Gasteiger charge is -2.18. The number of fused-ring (bicyclic) bond motifs is 2. The van der Waals surface area contributed by atoms with Gasteiger partial charge >= 0.3 is 0 Å². The molecule has 0 bridgehead atoms. The molecule has 2 nitrogen and oxygen atoms in total. The van der Waals surface area contributed by atoms with Crippen LogP contribution in [0.4, 0.5) is 0 Å². The summed E-state index contributed by atoms with van der Waals surface area (Å²) in [5.74, 6) is -0.0623. The monoisotopic (exact) mass is 306 g/mol. The zero-order valence-corrected chi connectivity index (χ0v) is 13.6. The van der Waals surface area contributed by atoms with Crippen LogP contribution < -0.4 is 0 Å². The molecule has 0 N–H and O–H groups in total. The molecule has 0 heterocycles. The number of unbranched alkanes of at least 4 members (excludes halogenated alkanes) is 4. The van der Waals surface area contributed by atoms with Crippen LogP contribution in [-0.4, -0.2) is 11.6 Å². The summed E-state index contributed by atoms with van der Waals surface area (Å²) in [7, 11) is 0. The van der Waals surface area contributed by atoms with Crippen molar-refractivity contribution >= 4 is 11.6 Å². The van der Waals surface area contributed by atoms with E-state index in [1.807, 2.05) is 24.3 Å². The molecule has 118 valence electrons. The summed E-state index contributed by atoms with van der Waals surface area (Å²) in [6, 6.07) is 12.8. The van der Waals surface area contributed by atoms with E-state index in [4.69, 9.17) is 0 Å². The molecular formula is C21H22O2. The Balaban J connectivity index is 1.80. The summed E-state index contributed by atoms with van der Waals surface area (Å²) in [5.41, 5.74) is 3.33. The van der Waals surface area contributed by atoms with Crippen LogP contribution in [0.5, 0.6) is 0 Å². The maximum Gasteiger partial charge on any atom is 0.194 e. The van der Waals surface area contributed by atoms with Crippen LogP contribution in [0.25, 0.3) is 0 Å². The van der Waals surface area contributed by atoms with Crippen LogP contribution in [0.15, 0.2) is 42.5 Å². The molecule has 1 aliphatic carbocycles. The van der Waals surface area contributed by atoms with Crippen molar-refractivity contribution in [3.05, 3.63) is 70.3 Å². The number of carbonyl (C=O) groups excluding carboxylic acids is 2. The van der Waals surface area contributed by atoms with E-state index in [9.17, 15) is 9.59 Å². The average Bonchev–Trinajstić information content (AvgIpc) is 2.59. The third-order valence-electron chi connectivity index (χ3n) is 4.56. The van der Waals surface area contributed by atoms with Crippen molar-refractivity contribution in [3.8, 4) is 0 Å². The van der Waals surface area contributed by atoms with Gasteiger partial charge in [0, 0.05) is 22.3 Å². The van der Waals surface area contributed by atoms with Crippen LogP contribution in [0, 0.1) is 0 Å². The number of hydrogen-bond acceptors (Lipinski definition) is 2. The summed E-state index contributed by atoms with van der Waals surface area (Å²) in [4.78, 5) is 25.2. The highest BCUT2D eigenvalue weighted by Crippen LogP contribution is 2.28. The van der Waals surface area contributed by atoms with Crippen molar-refractivity contribution in [2.75, 3.05) is 0 Å². The summed E-state index contributed by atoms with van der Waals surface area (Å²) in [6.07, 6.45) is 7.13. The molecule has 0 spiro atoms. The molecule has 2 aromatic rings. The van der Waals surface area contributed by atoms with E-state index in [0.717, 1.165) is 18.4 Å². The molecule has 0 fully saturated rings. The Kier molecular flexibility index (Phi) is 4.71. The van der Waals surface area contributed by atoms with Gasteiger partial charge in [0.1, 0.15) is 0 Å². The first kappa shape index (κ1) is 15.7. The maximum atomic E-state index is 12.7. The highest BCUT2D eigenvalue weighted by Gasteiger charge is 2.29. The number of aryl methyl sites for hydroxylation is 1. The molecule has 0 amide bonds. The van der Waals surface area contributed by atoms with E-state index in [1.54, 1.807) is 18.2 Å². The van der Waals surface area contributed by atoms with Crippen LogP contribution in [0.2, 0.25) is 0 Å². The zero-order valence-electron chi connectivity index (χ0n) is 13.6. The van der Waals surface area contributed by atoms with Gasteiger partial charge in [-0.1, -0.05) is 69.0 Å². The number of rotatable bonds is 6. The highest BCUT2D eigenvalue weighted by atomic mass is 16.1. The molecular weight excluding hydrogens is 284 g/mol. The first-order valence-corrected chi connectivity index (χ1v) is 8.53. The second-order valence-corrected chi connectivity index (χ2v) is 6.25. The van der Waals surface area contributed by atoms with Crippen LogP contribution in [0.1, 0.15) is 76.4 Å². The van der Waals surface area contributed by atoms with Gasteiger partial charge < -0.3 is 0 Å². The largest absolute Gasteiger partial charge is 0.289 e. The minimum Gasteiger partial charge on any atom is -0.289 e. The second-order valence-electron chi connectivity index (χ2n) is 6.25. The van der Waals surface area contributed by atoms with Gasteiger partial charge in [0.2, 0.25) is 0 Å². The summed E-state index contributed by atoms with van der Waals surface area (Å²) < 4.78 is 0. The van der Waals surface area contributed by atoms with Crippen molar-refractivity contribution in [1.82, 2.24) is 0 Å². The topological polar surface area (TPSA) is 34.1 Å². The van der Waals surface area contributed by atoms with Crippen molar-refractivity contribution in [2.24, 2.45) is 0 Å². The quantitative estimate of drug-likeness (QED) is 0.602. The van der Waals surface area contributed by atoms with E-state index in [1.165, 1.54) is 25.7 Å². The van der Waals surface area contributed by atoms with Crippen LogP contribution in [0.3, 0.4) is 0 Å². The molecule has 0 unspecified atom stereocenters. The second kappa shape index (κ2) is 6.91. The van der Waals surface area contributed by atoms with Crippen LogP contribution in [-0.2, 0) is 6.42 Å². The van der Waals surface area contributed by atoms with E-state index < -0.39 is 0 Å². The Morgan fingerprint density at radius 3 is 2.00 bits per heavy atom. The molecule has 0 saturated carbocycles. The molecule has 2 heteroatoms. The summed E-state index contributed by atoms with van der Waals surface area (Å²) in [5, 5.41) is 0. The Bertz CT molecular complexity index is 743. The molecule has 3 rings (SSSR count). The lowest BCUT2D eigenvalue weighted by Crippen LogP contribution is -2.20. The normalized spacial score (nSPS) is 12.9. The van der Waals surface area contributed by atoms with Gasteiger partial charge in [0.25, 0.3) is 0 Å². The van der Waals surface area contributed by atoms with Crippen molar-refractivity contribution in [2.45, 2.75) is 45.4 Å². The molecule has 1 aliphatic rings. The Labute approximate surface area is 137 Å². The number of benzene rings is 2. The van der Waals surface area contributed by atoms with Crippen molar-refractivity contribution in [1.29, 1.82) is 0 Å². The van der Waals surface area contributed by atoms with E-state index in [2.05, 4.69) is 6.92 Å². The third kappa shape index (κ3) is 3.12. The lowest BCUT2D eigenvalue weighted by molar-refractivity contribution is 0.0979. The molecule has 0 aromatic heterocycles. The minimum absolute atomic E-state index is 0.0250. The third-order valence-corrected chi connectivity index (χ3v) is 4.56. The Morgan fingerprint density at radius 2 is 1.30 bits per heavy atom. The Hall–Kier alpha value is -2.22. The van der Waals surface area contributed by atoms with Gasteiger partial charge in [-0.15, -0.1) is 0 Å². The lowest BCUT2D eigenvalue weighted by atomic mass is 9.83. The van der Waals surface area contributed by atoms with Crippen molar-refractivity contribution < 1.29 is 9.59 Å². The first-order chi connectivity index (χ1) is 11.2. The summed E-state index contributed by atoms with van der Waals surface area (Å²) >= 11 is 0. The van der Waals surface area contributed by atoms with Crippen LogP contribution >= 0.6 is 0 Å².